The van der Waals surface area contributed by atoms with Gasteiger partial charge in [0.05, 0.1) is 11.6 Å². The van der Waals surface area contributed by atoms with Crippen molar-refractivity contribution in [3.63, 3.8) is 0 Å². The molecule has 108 valence electrons. The predicted octanol–water partition coefficient (Wildman–Crippen LogP) is 4.18. The van der Waals surface area contributed by atoms with Crippen LogP contribution in [0.25, 0.3) is 16.6 Å². The molecule has 2 heterocycles. The third-order valence-corrected chi connectivity index (χ3v) is 3.28. The quantitative estimate of drug-likeness (QED) is 0.665. The summed E-state index contributed by atoms with van der Waals surface area (Å²) in [5, 5.41) is 5.12. The number of hydrogen-bond donors (Lipinski definition) is 0. The molecule has 21 heavy (non-hydrogen) atoms. The van der Waals surface area contributed by atoms with Crippen LogP contribution in [-0.4, -0.2) is 14.8 Å². The first kappa shape index (κ1) is 13.9. The first-order chi connectivity index (χ1) is 9.99. The second-order valence-corrected chi connectivity index (χ2v) is 4.70. The van der Waals surface area contributed by atoms with Gasteiger partial charge >= 0.3 is 6.18 Å². The van der Waals surface area contributed by atoms with E-state index in [0.29, 0.717) is 16.9 Å². The molecular weight excluding hydrogens is 303 g/mol. The molecule has 0 saturated carbocycles. The van der Waals surface area contributed by atoms with Gasteiger partial charge in [-0.1, -0.05) is 24.3 Å². The topological polar surface area (TPSA) is 30.7 Å². The van der Waals surface area contributed by atoms with Gasteiger partial charge in [-0.25, -0.2) is 9.67 Å². The molecule has 3 aromatic rings. The Balaban J connectivity index is 2.21. The summed E-state index contributed by atoms with van der Waals surface area (Å²) in [5.41, 5.74) is -0.376. The lowest BCUT2D eigenvalue weighted by molar-refractivity contribution is -0.141. The molecule has 0 aliphatic carbocycles. The Morgan fingerprint density at radius 1 is 1.14 bits per heavy atom. The second-order valence-electron chi connectivity index (χ2n) is 4.44. The molecule has 1 aromatic carbocycles. The largest absolute Gasteiger partial charge is 0.435 e. The van der Waals surface area contributed by atoms with Crippen molar-refractivity contribution in [3.8, 4) is 5.82 Å². The van der Waals surface area contributed by atoms with Gasteiger partial charge in [-0.3, -0.25) is 0 Å². The molecule has 0 bridgehead atoms. The first-order valence-corrected chi connectivity index (χ1v) is 6.60. The number of rotatable bonds is 2. The van der Waals surface area contributed by atoms with E-state index in [1.165, 1.54) is 6.20 Å². The van der Waals surface area contributed by atoms with E-state index < -0.39 is 11.9 Å². The smallest absolute Gasteiger partial charge is 0.232 e. The zero-order chi connectivity index (χ0) is 15.0. The minimum absolute atomic E-state index is 0.172. The molecule has 0 amide bonds. The summed E-state index contributed by atoms with van der Waals surface area (Å²) in [5.74, 6) is 0.504. The third-order valence-electron chi connectivity index (χ3n) is 3.01. The summed E-state index contributed by atoms with van der Waals surface area (Å²) in [4.78, 5) is 4.29. The normalized spacial score (nSPS) is 12.0. The van der Waals surface area contributed by atoms with Crippen molar-refractivity contribution in [2.75, 3.05) is 0 Å². The monoisotopic (exact) mass is 311 g/mol. The Bertz CT molecular complexity index is 796. The first-order valence-electron chi connectivity index (χ1n) is 6.07. The highest BCUT2D eigenvalue weighted by Gasteiger charge is 2.33. The highest BCUT2D eigenvalue weighted by molar-refractivity contribution is 6.17. The molecule has 0 unspecified atom stereocenters. The number of fused-ring (bicyclic) bond motifs is 1. The van der Waals surface area contributed by atoms with Gasteiger partial charge in [0.25, 0.3) is 0 Å². The van der Waals surface area contributed by atoms with E-state index >= 15 is 0 Å². The molecule has 0 radical (unpaired) electrons. The second kappa shape index (κ2) is 5.04. The lowest BCUT2D eigenvalue weighted by Gasteiger charge is -2.08. The van der Waals surface area contributed by atoms with Crippen molar-refractivity contribution in [2.45, 2.75) is 12.1 Å². The van der Waals surface area contributed by atoms with Crippen LogP contribution in [0.3, 0.4) is 0 Å². The van der Waals surface area contributed by atoms with Crippen molar-refractivity contribution in [1.29, 1.82) is 0 Å². The van der Waals surface area contributed by atoms with Gasteiger partial charge in [-0.05, 0) is 17.5 Å². The van der Waals surface area contributed by atoms with Gasteiger partial charge in [-0.15, -0.1) is 11.6 Å². The summed E-state index contributed by atoms with van der Waals surface area (Å²) in [6, 6.07) is 10.00. The van der Waals surface area contributed by atoms with Crippen molar-refractivity contribution in [2.24, 2.45) is 0 Å². The van der Waals surface area contributed by atoms with Crippen LogP contribution in [0.1, 0.15) is 11.4 Å². The van der Waals surface area contributed by atoms with Gasteiger partial charge in [0, 0.05) is 11.6 Å². The SMILES string of the molecule is FC(F)(F)c1ccn(-c2nc(CCl)cc3ccccc23)n1. The number of hydrogen-bond acceptors (Lipinski definition) is 2. The molecule has 0 atom stereocenters. The van der Waals surface area contributed by atoms with Crippen LogP contribution in [0.2, 0.25) is 0 Å². The summed E-state index contributed by atoms with van der Waals surface area (Å²) < 4.78 is 39.1. The lowest BCUT2D eigenvalue weighted by Crippen LogP contribution is -2.08. The van der Waals surface area contributed by atoms with Gasteiger partial charge < -0.3 is 0 Å². The number of alkyl halides is 4. The maximum Gasteiger partial charge on any atom is 0.435 e. The molecular formula is C14H9ClF3N3. The minimum Gasteiger partial charge on any atom is -0.232 e. The zero-order valence-electron chi connectivity index (χ0n) is 10.6. The molecule has 2 aromatic heterocycles. The third kappa shape index (κ3) is 2.58. The van der Waals surface area contributed by atoms with Crippen LogP contribution < -0.4 is 0 Å². The number of nitrogens with zero attached hydrogens (tertiary/aromatic N) is 3. The molecule has 0 saturated heterocycles. The Kier molecular flexibility index (Phi) is 3.33. The van der Waals surface area contributed by atoms with Crippen LogP contribution in [0, 0.1) is 0 Å². The summed E-state index contributed by atoms with van der Waals surface area (Å²) >= 11 is 5.79. The average Bonchev–Trinajstić information content (AvgIpc) is 2.95. The molecule has 3 rings (SSSR count). The molecule has 3 nitrogen and oxygen atoms in total. The van der Waals surface area contributed by atoms with Crippen molar-refractivity contribution < 1.29 is 13.2 Å². The molecule has 0 N–H and O–H groups in total. The van der Waals surface area contributed by atoms with Gasteiger partial charge in [0.2, 0.25) is 0 Å². The van der Waals surface area contributed by atoms with Crippen molar-refractivity contribution >= 4 is 22.4 Å². The average molecular weight is 312 g/mol. The molecule has 7 heteroatoms. The van der Waals surface area contributed by atoms with Gasteiger partial charge in [0.15, 0.2) is 11.5 Å². The fourth-order valence-corrected chi connectivity index (χ4v) is 2.21. The van der Waals surface area contributed by atoms with E-state index in [2.05, 4.69) is 10.1 Å². The zero-order valence-corrected chi connectivity index (χ0v) is 11.4. The Morgan fingerprint density at radius 3 is 2.57 bits per heavy atom. The fraction of sp³-hybridized carbons (Fsp3) is 0.143. The predicted molar refractivity (Wildman–Crippen MR) is 73.4 cm³/mol. The fourth-order valence-electron chi connectivity index (χ4n) is 2.07. The molecule has 0 aliphatic rings. The maximum atomic E-state index is 12.7. The Morgan fingerprint density at radius 2 is 1.90 bits per heavy atom. The highest BCUT2D eigenvalue weighted by atomic mass is 35.5. The van der Waals surface area contributed by atoms with E-state index in [1.54, 1.807) is 18.2 Å². The van der Waals surface area contributed by atoms with Gasteiger partial charge in [-0.2, -0.15) is 18.3 Å². The van der Waals surface area contributed by atoms with Gasteiger partial charge in [0.1, 0.15) is 0 Å². The maximum absolute atomic E-state index is 12.7. The van der Waals surface area contributed by atoms with E-state index in [4.69, 9.17) is 11.6 Å². The number of benzene rings is 1. The van der Waals surface area contributed by atoms with Crippen molar-refractivity contribution in [3.05, 3.63) is 54.0 Å². The van der Waals surface area contributed by atoms with E-state index in [1.807, 2.05) is 12.1 Å². The van der Waals surface area contributed by atoms with Crippen LogP contribution in [-0.2, 0) is 12.1 Å². The van der Waals surface area contributed by atoms with E-state index in [-0.39, 0.29) is 5.88 Å². The number of aromatic nitrogens is 3. The number of pyridine rings is 1. The van der Waals surface area contributed by atoms with Crippen molar-refractivity contribution in [1.82, 2.24) is 14.8 Å². The summed E-state index contributed by atoms with van der Waals surface area (Å²) in [6.07, 6.45) is -3.24. The number of halogens is 4. The van der Waals surface area contributed by atoms with E-state index in [9.17, 15) is 13.2 Å². The van der Waals surface area contributed by atoms with Crippen LogP contribution >= 0.6 is 11.6 Å². The Hall–Kier alpha value is -2.08. The van der Waals surface area contributed by atoms with Crippen LogP contribution in [0.4, 0.5) is 13.2 Å². The lowest BCUT2D eigenvalue weighted by atomic mass is 10.1. The van der Waals surface area contributed by atoms with E-state index in [0.717, 1.165) is 16.1 Å². The van der Waals surface area contributed by atoms with Crippen LogP contribution in [0.15, 0.2) is 42.6 Å². The Labute approximate surface area is 123 Å². The van der Waals surface area contributed by atoms with Crippen LogP contribution in [0.5, 0.6) is 0 Å². The standard InChI is InChI=1S/C14H9ClF3N3/c15-8-10-7-9-3-1-2-4-11(9)13(19-10)21-6-5-12(20-21)14(16,17)18/h1-7H,8H2. The molecule has 0 spiro atoms. The molecule has 0 fully saturated rings. The molecule has 0 aliphatic heterocycles. The minimum atomic E-state index is -4.48. The highest BCUT2D eigenvalue weighted by Crippen LogP contribution is 2.29. The summed E-state index contributed by atoms with van der Waals surface area (Å²) in [7, 11) is 0. The summed E-state index contributed by atoms with van der Waals surface area (Å²) in [6.45, 7) is 0.